The minimum Gasteiger partial charge on any atom is -0.494 e. The van der Waals surface area contributed by atoms with Crippen LogP contribution in [0, 0.1) is 5.92 Å². The second-order valence-corrected chi connectivity index (χ2v) is 6.02. The Balaban J connectivity index is 1.88. The van der Waals surface area contributed by atoms with Gasteiger partial charge in [0.25, 0.3) is 0 Å². The zero-order valence-corrected chi connectivity index (χ0v) is 14.8. The number of hydrogen-bond acceptors (Lipinski definition) is 3. The van der Waals surface area contributed by atoms with Crippen molar-refractivity contribution in [2.45, 2.75) is 27.2 Å². The van der Waals surface area contributed by atoms with Crippen molar-refractivity contribution in [3.63, 3.8) is 0 Å². The van der Waals surface area contributed by atoms with Gasteiger partial charge in [-0.25, -0.2) is 0 Å². The first-order chi connectivity index (χ1) is 12.0. The molecule has 25 heavy (non-hydrogen) atoms. The smallest absolute Gasteiger partial charge is 0.228 e. The molecule has 2 N–H and O–H groups in total. The van der Waals surface area contributed by atoms with Crippen LogP contribution in [0.1, 0.15) is 26.3 Å². The van der Waals surface area contributed by atoms with Crippen molar-refractivity contribution in [1.82, 2.24) is 0 Å². The van der Waals surface area contributed by atoms with Crippen LogP contribution >= 0.6 is 0 Å². The zero-order valence-electron chi connectivity index (χ0n) is 14.8. The summed E-state index contributed by atoms with van der Waals surface area (Å²) in [4.78, 5) is 23.8. The first-order valence-corrected chi connectivity index (χ1v) is 8.40. The highest BCUT2D eigenvalue weighted by Crippen LogP contribution is 2.16. The first-order valence-electron chi connectivity index (χ1n) is 8.40. The molecule has 0 aromatic heterocycles. The molecule has 0 saturated heterocycles. The van der Waals surface area contributed by atoms with Gasteiger partial charge in [0.15, 0.2) is 0 Å². The van der Waals surface area contributed by atoms with Crippen LogP contribution < -0.4 is 15.4 Å². The zero-order chi connectivity index (χ0) is 18.2. The van der Waals surface area contributed by atoms with Gasteiger partial charge in [-0.05, 0) is 48.9 Å². The Kier molecular flexibility index (Phi) is 6.57. The third kappa shape index (κ3) is 5.95. The van der Waals surface area contributed by atoms with Crippen LogP contribution in [-0.2, 0) is 16.0 Å². The van der Waals surface area contributed by atoms with Gasteiger partial charge in [0.05, 0.1) is 13.0 Å². The number of hydrogen-bond donors (Lipinski definition) is 2. The van der Waals surface area contributed by atoms with Crippen molar-refractivity contribution in [2.24, 2.45) is 5.92 Å². The molecule has 2 amide bonds. The molecule has 5 nitrogen and oxygen atoms in total. The van der Waals surface area contributed by atoms with Crippen molar-refractivity contribution in [3.05, 3.63) is 54.1 Å². The van der Waals surface area contributed by atoms with Crippen LogP contribution in [0.3, 0.4) is 0 Å². The number of rotatable bonds is 7. The molecule has 0 aliphatic carbocycles. The molecule has 2 rings (SSSR count). The Morgan fingerprint density at radius 3 is 2.00 bits per heavy atom. The van der Waals surface area contributed by atoms with Crippen LogP contribution in [0.2, 0.25) is 0 Å². The van der Waals surface area contributed by atoms with Crippen molar-refractivity contribution in [3.8, 4) is 5.75 Å². The first kappa shape index (κ1) is 18.5. The van der Waals surface area contributed by atoms with Crippen LogP contribution in [-0.4, -0.2) is 18.4 Å². The summed E-state index contributed by atoms with van der Waals surface area (Å²) in [5.74, 6) is 0.592. The fraction of sp³-hybridized carbons (Fsp3) is 0.300. The Labute approximate surface area is 148 Å². The third-order valence-corrected chi connectivity index (χ3v) is 3.56. The van der Waals surface area contributed by atoms with Crippen LogP contribution in [0.4, 0.5) is 11.4 Å². The highest BCUT2D eigenvalue weighted by molar-refractivity contribution is 5.94. The van der Waals surface area contributed by atoms with Gasteiger partial charge in [0.1, 0.15) is 5.75 Å². The van der Waals surface area contributed by atoms with Gasteiger partial charge in [-0.2, -0.15) is 0 Å². The molecule has 2 aromatic rings. The summed E-state index contributed by atoms with van der Waals surface area (Å²) in [5.41, 5.74) is 2.32. The van der Waals surface area contributed by atoms with Crippen molar-refractivity contribution in [1.29, 1.82) is 0 Å². The fourth-order valence-electron chi connectivity index (χ4n) is 2.18. The molecule has 0 atom stereocenters. The van der Waals surface area contributed by atoms with E-state index in [1.807, 2.05) is 45.0 Å². The van der Waals surface area contributed by atoms with Crippen LogP contribution in [0.5, 0.6) is 5.75 Å². The maximum Gasteiger partial charge on any atom is 0.228 e. The molecule has 0 spiro atoms. The van der Waals surface area contributed by atoms with Gasteiger partial charge in [0, 0.05) is 17.3 Å². The van der Waals surface area contributed by atoms with Gasteiger partial charge in [-0.15, -0.1) is 0 Å². The Bertz CT molecular complexity index is 707. The fourth-order valence-corrected chi connectivity index (χ4v) is 2.18. The van der Waals surface area contributed by atoms with E-state index in [1.165, 1.54) is 0 Å². The Hall–Kier alpha value is -2.82. The molecule has 0 heterocycles. The van der Waals surface area contributed by atoms with E-state index in [0.29, 0.717) is 18.0 Å². The molecule has 0 saturated carbocycles. The lowest BCUT2D eigenvalue weighted by Gasteiger charge is -2.09. The predicted octanol–water partition coefficient (Wildman–Crippen LogP) is 3.86. The number of amides is 2. The summed E-state index contributed by atoms with van der Waals surface area (Å²) in [6, 6.07) is 14.6. The molecule has 132 valence electrons. The summed E-state index contributed by atoms with van der Waals surface area (Å²) < 4.78 is 5.38. The van der Waals surface area contributed by atoms with E-state index in [1.54, 1.807) is 24.3 Å². The van der Waals surface area contributed by atoms with Crippen molar-refractivity contribution >= 4 is 23.2 Å². The topological polar surface area (TPSA) is 67.4 Å². The molecule has 2 aromatic carbocycles. The molecular weight excluding hydrogens is 316 g/mol. The summed E-state index contributed by atoms with van der Waals surface area (Å²) in [6.07, 6.45) is 0.290. The van der Waals surface area contributed by atoms with E-state index in [-0.39, 0.29) is 24.2 Å². The SMILES string of the molecule is CCOc1ccc(CC(=O)Nc2ccc(NC(=O)C(C)C)cc2)cc1. The highest BCUT2D eigenvalue weighted by Gasteiger charge is 2.08. The number of carbonyl (C=O) groups excluding carboxylic acids is 2. The van der Waals surface area contributed by atoms with E-state index in [2.05, 4.69) is 10.6 Å². The molecular formula is C20H24N2O3. The number of carbonyl (C=O) groups is 2. The number of benzene rings is 2. The third-order valence-electron chi connectivity index (χ3n) is 3.56. The average molecular weight is 340 g/mol. The molecule has 0 aliphatic heterocycles. The number of ether oxygens (including phenoxy) is 1. The molecule has 0 aliphatic rings. The van der Waals surface area contributed by atoms with Gasteiger partial charge in [-0.3, -0.25) is 9.59 Å². The molecule has 0 unspecified atom stereocenters. The average Bonchev–Trinajstić information content (AvgIpc) is 2.58. The normalized spacial score (nSPS) is 10.4. The second-order valence-electron chi connectivity index (χ2n) is 6.02. The molecule has 0 bridgehead atoms. The van der Waals surface area contributed by atoms with Gasteiger partial charge < -0.3 is 15.4 Å². The molecule has 5 heteroatoms. The summed E-state index contributed by atoms with van der Waals surface area (Å²) in [7, 11) is 0. The lowest BCUT2D eigenvalue weighted by atomic mass is 10.1. The lowest BCUT2D eigenvalue weighted by molar-refractivity contribution is -0.119. The van der Waals surface area contributed by atoms with Crippen LogP contribution in [0.25, 0.3) is 0 Å². The largest absolute Gasteiger partial charge is 0.494 e. The van der Waals surface area contributed by atoms with E-state index in [9.17, 15) is 9.59 Å². The highest BCUT2D eigenvalue weighted by atomic mass is 16.5. The monoisotopic (exact) mass is 340 g/mol. The predicted molar refractivity (Wildman–Crippen MR) is 99.9 cm³/mol. The van der Waals surface area contributed by atoms with Crippen molar-refractivity contribution < 1.29 is 14.3 Å². The minimum absolute atomic E-state index is 0.0349. The van der Waals surface area contributed by atoms with Crippen LogP contribution in [0.15, 0.2) is 48.5 Å². The maximum absolute atomic E-state index is 12.1. The van der Waals surface area contributed by atoms with Crippen molar-refractivity contribution in [2.75, 3.05) is 17.2 Å². The van der Waals surface area contributed by atoms with E-state index in [0.717, 1.165) is 11.3 Å². The quantitative estimate of drug-likeness (QED) is 0.804. The Morgan fingerprint density at radius 2 is 1.48 bits per heavy atom. The summed E-state index contributed by atoms with van der Waals surface area (Å²) in [6.45, 7) is 6.23. The maximum atomic E-state index is 12.1. The number of anilines is 2. The van der Waals surface area contributed by atoms with E-state index >= 15 is 0 Å². The standard InChI is InChI=1S/C20H24N2O3/c1-4-25-18-11-5-15(6-12-18)13-19(23)21-16-7-9-17(10-8-16)22-20(24)14(2)3/h5-12,14H,4,13H2,1-3H3,(H,21,23)(H,22,24). The summed E-state index contributed by atoms with van der Waals surface area (Å²) >= 11 is 0. The lowest BCUT2D eigenvalue weighted by Crippen LogP contribution is -2.18. The summed E-state index contributed by atoms with van der Waals surface area (Å²) in [5, 5.41) is 5.66. The van der Waals surface area contributed by atoms with Gasteiger partial charge in [-0.1, -0.05) is 26.0 Å². The number of nitrogens with one attached hydrogen (secondary N) is 2. The second kappa shape index (κ2) is 8.87. The van der Waals surface area contributed by atoms with E-state index < -0.39 is 0 Å². The van der Waals surface area contributed by atoms with E-state index in [4.69, 9.17) is 4.74 Å². The van der Waals surface area contributed by atoms with Gasteiger partial charge in [0.2, 0.25) is 11.8 Å². The Morgan fingerprint density at radius 1 is 0.920 bits per heavy atom. The minimum atomic E-state index is -0.0943. The molecule has 0 radical (unpaired) electrons. The van der Waals surface area contributed by atoms with Gasteiger partial charge >= 0.3 is 0 Å². The molecule has 0 fully saturated rings.